The van der Waals surface area contributed by atoms with Gasteiger partial charge in [-0.3, -0.25) is 0 Å². The smallest absolute Gasteiger partial charge is 0.123 e. The van der Waals surface area contributed by atoms with Crippen LogP contribution in [0.3, 0.4) is 0 Å². The van der Waals surface area contributed by atoms with Crippen LogP contribution >= 0.6 is 0 Å². The van der Waals surface area contributed by atoms with Crippen molar-refractivity contribution in [3.05, 3.63) is 54.0 Å². The highest BCUT2D eigenvalue weighted by Gasteiger charge is 2.08. The molecule has 0 bridgehead atoms. The van der Waals surface area contributed by atoms with Gasteiger partial charge in [0.05, 0.1) is 12.8 Å². The van der Waals surface area contributed by atoms with Crippen LogP contribution in [0.15, 0.2) is 47.1 Å². The van der Waals surface area contributed by atoms with Gasteiger partial charge in [0.25, 0.3) is 0 Å². The SMILES string of the molecule is CCN(Cc1cc(CNC(C)C)co1)c1ccccc1. The highest BCUT2D eigenvalue weighted by Crippen LogP contribution is 2.18. The summed E-state index contributed by atoms with van der Waals surface area (Å²) < 4.78 is 5.67. The predicted molar refractivity (Wildman–Crippen MR) is 83.8 cm³/mol. The molecule has 2 aromatic rings. The van der Waals surface area contributed by atoms with Gasteiger partial charge in [-0.05, 0) is 25.1 Å². The van der Waals surface area contributed by atoms with E-state index in [2.05, 4.69) is 61.3 Å². The molecule has 1 aromatic carbocycles. The molecule has 3 heteroatoms. The molecule has 0 saturated heterocycles. The number of nitrogens with one attached hydrogen (secondary N) is 1. The highest BCUT2D eigenvalue weighted by molar-refractivity contribution is 5.46. The molecule has 3 nitrogen and oxygen atoms in total. The van der Waals surface area contributed by atoms with Gasteiger partial charge in [-0.2, -0.15) is 0 Å². The average Bonchev–Trinajstić information content (AvgIpc) is 2.91. The Morgan fingerprint density at radius 2 is 1.95 bits per heavy atom. The summed E-state index contributed by atoms with van der Waals surface area (Å²) in [5, 5.41) is 3.40. The maximum absolute atomic E-state index is 5.67. The summed E-state index contributed by atoms with van der Waals surface area (Å²) >= 11 is 0. The zero-order valence-electron chi connectivity index (χ0n) is 12.6. The molecule has 1 heterocycles. The van der Waals surface area contributed by atoms with E-state index in [1.54, 1.807) is 0 Å². The van der Waals surface area contributed by atoms with Crippen LogP contribution in [0.5, 0.6) is 0 Å². The maximum Gasteiger partial charge on any atom is 0.123 e. The summed E-state index contributed by atoms with van der Waals surface area (Å²) in [7, 11) is 0. The van der Waals surface area contributed by atoms with Gasteiger partial charge < -0.3 is 14.6 Å². The van der Waals surface area contributed by atoms with Crippen LogP contribution < -0.4 is 10.2 Å². The summed E-state index contributed by atoms with van der Waals surface area (Å²) in [6.45, 7) is 9.09. The van der Waals surface area contributed by atoms with Crippen molar-refractivity contribution in [1.29, 1.82) is 0 Å². The Hall–Kier alpha value is -1.74. The van der Waals surface area contributed by atoms with Crippen molar-refractivity contribution in [2.24, 2.45) is 0 Å². The van der Waals surface area contributed by atoms with Crippen molar-refractivity contribution in [2.45, 2.75) is 39.9 Å². The minimum absolute atomic E-state index is 0.491. The van der Waals surface area contributed by atoms with E-state index in [9.17, 15) is 0 Å². The van der Waals surface area contributed by atoms with E-state index in [-0.39, 0.29) is 0 Å². The van der Waals surface area contributed by atoms with Gasteiger partial charge in [0.2, 0.25) is 0 Å². The van der Waals surface area contributed by atoms with Crippen molar-refractivity contribution in [2.75, 3.05) is 11.4 Å². The van der Waals surface area contributed by atoms with Gasteiger partial charge in [0.15, 0.2) is 0 Å². The van der Waals surface area contributed by atoms with E-state index in [0.717, 1.165) is 25.4 Å². The lowest BCUT2D eigenvalue weighted by Crippen LogP contribution is -2.22. The van der Waals surface area contributed by atoms with Crippen LogP contribution in [-0.2, 0) is 13.1 Å². The van der Waals surface area contributed by atoms with Gasteiger partial charge in [0.1, 0.15) is 5.76 Å². The number of furan rings is 1. The molecule has 20 heavy (non-hydrogen) atoms. The van der Waals surface area contributed by atoms with E-state index < -0.39 is 0 Å². The van der Waals surface area contributed by atoms with Gasteiger partial charge >= 0.3 is 0 Å². The zero-order valence-corrected chi connectivity index (χ0v) is 12.6. The Labute approximate surface area is 121 Å². The fourth-order valence-corrected chi connectivity index (χ4v) is 2.14. The Morgan fingerprint density at radius 1 is 1.20 bits per heavy atom. The Morgan fingerprint density at radius 3 is 2.60 bits per heavy atom. The maximum atomic E-state index is 5.67. The standard InChI is InChI=1S/C17H24N2O/c1-4-19(16-8-6-5-7-9-16)12-17-10-15(13-20-17)11-18-14(2)3/h5-10,13-14,18H,4,11-12H2,1-3H3. The number of hydrogen-bond donors (Lipinski definition) is 1. The van der Waals surface area contributed by atoms with Crippen LogP contribution in [0.2, 0.25) is 0 Å². The molecule has 1 aromatic heterocycles. The van der Waals surface area contributed by atoms with Crippen LogP contribution in [0, 0.1) is 0 Å². The third-order valence-corrected chi connectivity index (χ3v) is 3.27. The second-order valence-electron chi connectivity index (χ2n) is 5.31. The molecule has 0 aliphatic heterocycles. The van der Waals surface area contributed by atoms with E-state index in [1.807, 2.05) is 12.3 Å². The number of para-hydroxylation sites is 1. The molecule has 0 amide bonds. The molecule has 0 unspecified atom stereocenters. The molecule has 0 fully saturated rings. The lowest BCUT2D eigenvalue weighted by Gasteiger charge is -2.21. The number of benzene rings is 1. The van der Waals surface area contributed by atoms with Gasteiger partial charge in [0, 0.05) is 30.4 Å². The Bertz CT molecular complexity index is 505. The fourth-order valence-electron chi connectivity index (χ4n) is 2.14. The topological polar surface area (TPSA) is 28.4 Å². The summed E-state index contributed by atoms with van der Waals surface area (Å²) in [6, 6.07) is 13.1. The average molecular weight is 272 g/mol. The quantitative estimate of drug-likeness (QED) is 0.831. The largest absolute Gasteiger partial charge is 0.467 e. The lowest BCUT2D eigenvalue weighted by molar-refractivity contribution is 0.499. The molecule has 0 spiro atoms. The fraction of sp³-hybridized carbons (Fsp3) is 0.412. The molecular formula is C17H24N2O. The van der Waals surface area contributed by atoms with Crippen LogP contribution in [0.4, 0.5) is 5.69 Å². The lowest BCUT2D eigenvalue weighted by atomic mass is 10.2. The van der Waals surface area contributed by atoms with Crippen molar-refractivity contribution >= 4 is 5.69 Å². The minimum Gasteiger partial charge on any atom is -0.467 e. The first-order chi connectivity index (χ1) is 9.69. The summed E-state index contributed by atoms with van der Waals surface area (Å²) in [5.41, 5.74) is 2.44. The monoisotopic (exact) mass is 272 g/mol. The Balaban J connectivity index is 1.98. The van der Waals surface area contributed by atoms with Crippen molar-refractivity contribution in [1.82, 2.24) is 5.32 Å². The number of anilines is 1. The summed E-state index contributed by atoms with van der Waals surface area (Å²) in [5.74, 6) is 1.01. The number of rotatable bonds is 7. The molecule has 1 N–H and O–H groups in total. The van der Waals surface area contributed by atoms with Crippen molar-refractivity contribution in [3.63, 3.8) is 0 Å². The van der Waals surface area contributed by atoms with E-state index >= 15 is 0 Å². The first-order valence-corrected chi connectivity index (χ1v) is 7.28. The minimum atomic E-state index is 0.491. The highest BCUT2D eigenvalue weighted by atomic mass is 16.3. The Kier molecular flexibility index (Phi) is 5.24. The second kappa shape index (κ2) is 7.15. The summed E-state index contributed by atoms with van der Waals surface area (Å²) in [4.78, 5) is 2.30. The van der Waals surface area contributed by atoms with Crippen LogP contribution in [0.25, 0.3) is 0 Å². The van der Waals surface area contributed by atoms with Gasteiger partial charge in [-0.1, -0.05) is 32.0 Å². The van der Waals surface area contributed by atoms with Crippen LogP contribution in [0.1, 0.15) is 32.1 Å². The van der Waals surface area contributed by atoms with Crippen molar-refractivity contribution in [3.8, 4) is 0 Å². The third kappa shape index (κ3) is 4.14. The summed E-state index contributed by atoms with van der Waals surface area (Å²) in [6.07, 6.45) is 1.85. The van der Waals surface area contributed by atoms with Crippen molar-refractivity contribution < 1.29 is 4.42 Å². The molecule has 2 rings (SSSR count). The number of nitrogens with zero attached hydrogens (tertiary/aromatic N) is 1. The molecule has 0 aliphatic carbocycles. The molecular weight excluding hydrogens is 248 g/mol. The number of hydrogen-bond acceptors (Lipinski definition) is 3. The van der Waals surface area contributed by atoms with Crippen LogP contribution in [-0.4, -0.2) is 12.6 Å². The normalized spacial score (nSPS) is 11.0. The first-order valence-electron chi connectivity index (χ1n) is 7.28. The van der Waals surface area contributed by atoms with E-state index in [1.165, 1.54) is 11.3 Å². The third-order valence-electron chi connectivity index (χ3n) is 3.27. The van der Waals surface area contributed by atoms with Gasteiger partial charge in [-0.15, -0.1) is 0 Å². The molecule has 0 saturated carbocycles. The molecule has 0 radical (unpaired) electrons. The van der Waals surface area contributed by atoms with E-state index in [4.69, 9.17) is 4.42 Å². The first kappa shape index (κ1) is 14.7. The predicted octanol–water partition coefficient (Wildman–Crippen LogP) is 3.80. The molecule has 108 valence electrons. The second-order valence-corrected chi connectivity index (χ2v) is 5.31. The zero-order chi connectivity index (χ0) is 14.4. The van der Waals surface area contributed by atoms with E-state index in [0.29, 0.717) is 6.04 Å². The van der Waals surface area contributed by atoms with Gasteiger partial charge in [-0.25, -0.2) is 0 Å². The molecule has 0 aliphatic rings. The molecule has 0 atom stereocenters.